The lowest BCUT2D eigenvalue weighted by atomic mass is 9.65. The van der Waals surface area contributed by atoms with Gasteiger partial charge in [-0.25, -0.2) is 4.68 Å². The van der Waals surface area contributed by atoms with Gasteiger partial charge in [-0.3, -0.25) is 4.79 Å². The predicted octanol–water partition coefficient (Wildman–Crippen LogP) is 5.18. The summed E-state index contributed by atoms with van der Waals surface area (Å²) in [5.74, 6) is 0.670. The second-order valence-corrected chi connectivity index (χ2v) is 11.8. The molecule has 1 aliphatic carbocycles. The van der Waals surface area contributed by atoms with Crippen LogP contribution in [0.5, 0.6) is 0 Å². The molecule has 0 radical (unpaired) electrons. The van der Waals surface area contributed by atoms with Gasteiger partial charge in [0.2, 0.25) is 5.91 Å². The number of aromatic nitrogens is 2. The monoisotopic (exact) mass is 419 g/mol. The topological polar surface area (TPSA) is 38.1 Å². The Morgan fingerprint density at radius 3 is 2.78 bits per heavy atom. The van der Waals surface area contributed by atoms with Crippen LogP contribution in [0.2, 0.25) is 0 Å². The maximum Gasteiger partial charge on any atom is 0.233 e. The van der Waals surface area contributed by atoms with Crippen molar-refractivity contribution in [2.75, 3.05) is 12.3 Å². The van der Waals surface area contributed by atoms with E-state index in [-0.39, 0.29) is 11.3 Å². The lowest BCUT2D eigenvalue weighted by Crippen LogP contribution is -2.38. The number of para-hydroxylation sites is 1. The van der Waals surface area contributed by atoms with Crippen LogP contribution in [-0.4, -0.2) is 38.9 Å². The normalized spacial score (nSPS) is 26.3. The van der Waals surface area contributed by atoms with E-state index in [9.17, 15) is 4.79 Å². The molecule has 1 saturated heterocycles. The van der Waals surface area contributed by atoms with E-state index in [1.165, 1.54) is 29.5 Å². The Morgan fingerprint density at radius 1 is 1.30 bits per heavy atom. The Kier molecular flexibility index (Phi) is 4.97. The maximum absolute atomic E-state index is 12.9. The van der Waals surface area contributed by atoms with Crippen LogP contribution in [0.4, 0.5) is 0 Å². The van der Waals surface area contributed by atoms with Crippen LogP contribution in [0.15, 0.2) is 34.7 Å². The molecular formula is C20H25N3OS3. The van der Waals surface area contributed by atoms with Crippen molar-refractivity contribution < 1.29 is 4.79 Å². The smallest absolute Gasteiger partial charge is 0.233 e. The van der Waals surface area contributed by atoms with E-state index >= 15 is 0 Å². The Bertz CT molecular complexity index is 905. The molecule has 144 valence electrons. The molecule has 2 fully saturated rings. The summed E-state index contributed by atoms with van der Waals surface area (Å²) in [6.45, 7) is 7.91. The van der Waals surface area contributed by atoms with E-state index in [1.807, 2.05) is 30.3 Å². The van der Waals surface area contributed by atoms with Gasteiger partial charge in [-0.2, -0.15) is 0 Å². The Balaban J connectivity index is 1.43. The van der Waals surface area contributed by atoms with Crippen molar-refractivity contribution in [2.24, 2.45) is 10.8 Å². The zero-order valence-electron chi connectivity index (χ0n) is 16.0. The third kappa shape index (κ3) is 4.00. The van der Waals surface area contributed by atoms with Gasteiger partial charge in [0.1, 0.15) is 0 Å². The first-order chi connectivity index (χ1) is 12.7. The molecule has 2 atom stereocenters. The molecular weight excluding hydrogens is 394 g/mol. The molecule has 4 rings (SSSR count). The van der Waals surface area contributed by atoms with Crippen molar-refractivity contribution in [2.45, 2.75) is 50.4 Å². The summed E-state index contributed by atoms with van der Waals surface area (Å²) in [6, 6.07) is 10.3. The minimum absolute atomic E-state index is 0.235. The van der Waals surface area contributed by atoms with Crippen LogP contribution >= 0.6 is 35.3 Å². The van der Waals surface area contributed by atoms with Crippen molar-refractivity contribution in [3.05, 3.63) is 34.3 Å². The number of rotatable bonds is 4. The van der Waals surface area contributed by atoms with E-state index in [0.717, 1.165) is 29.4 Å². The predicted molar refractivity (Wildman–Crippen MR) is 114 cm³/mol. The summed E-state index contributed by atoms with van der Waals surface area (Å²) in [6.07, 6.45) is 3.46. The van der Waals surface area contributed by atoms with Crippen LogP contribution < -0.4 is 0 Å². The van der Waals surface area contributed by atoms with Gasteiger partial charge >= 0.3 is 0 Å². The largest absolute Gasteiger partial charge is 0.338 e. The van der Waals surface area contributed by atoms with Gasteiger partial charge in [-0.15, -0.1) is 5.10 Å². The standard InChI is InChI=1S/C20H25N3OS3/c1-19(2)9-15-10-20(3,12-19)13-22(15)16(24)11-26-17-21-23(18(25)27-17)14-7-5-4-6-8-14/h4-8,15H,9-13H2,1-3H3/t15-,20-/m1/s1. The van der Waals surface area contributed by atoms with Gasteiger partial charge in [0.15, 0.2) is 8.29 Å². The Labute approximate surface area is 174 Å². The zero-order valence-corrected chi connectivity index (χ0v) is 18.4. The number of fused-ring (bicyclic) bond motifs is 2. The molecule has 2 aliphatic rings. The highest BCUT2D eigenvalue weighted by Gasteiger charge is 2.50. The molecule has 1 aromatic carbocycles. The number of benzene rings is 1. The van der Waals surface area contributed by atoms with E-state index < -0.39 is 0 Å². The van der Waals surface area contributed by atoms with E-state index in [4.69, 9.17) is 12.2 Å². The summed E-state index contributed by atoms with van der Waals surface area (Å²) in [4.78, 5) is 15.1. The number of amides is 1. The minimum atomic E-state index is 0.235. The molecule has 0 N–H and O–H groups in total. The number of carbonyl (C=O) groups excluding carboxylic acids is 1. The summed E-state index contributed by atoms with van der Waals surface area (Å²) in [7, 11) is 0. The number of carbonyl (C=O) groups is 1. The fraction of sp³-hybridized carbons (Fsp3) is 0.550. The molecule has 1 amide bonds. The van der Waals surface area contributed by atoms with Gasteiger partial charge < -0.3 is 4.90 Å². The first-order valence-corrected chi connectivity index (χ1v) is 11.5. The summed E-state index contributed by atoms with van der Waals surface area (Å²) in [5.41, 5.74) is 1.56. The van der Waals surface area contributed by atoms with Gasteiger partial charge in [0.05, 0.1) is 11.4 Å². The van der Waals surface area contributed by atoms with Crippen LogP contribution in [-0.2, 0) is 4.79 Å². The third-order valence-corrected chi connectivity index (χ3v) is 7.93. The highest BCUT2D eigenvalue weighted by molar-refractivity contribution is 8.01. The summed E-state index contributed by atoms with van der Waals surface area (Å²) in [5, 5.41) is 4.61. The molecule has 2 heterocycles. The van der Waals surface area contributed by atoms with E-state index in [1.54, 1.807) is 4.68 Å². The van der Waals surface area contributed by atoms with Gasteiger partial charge in [0, 0.05) is 12.6 Å². The molecule has 1 aromatic heterocycles. The number of hydrogen-bond donors (Lipinski definition) is 0. The summed E-state index contributed by atoms with van der Waals surface area (Å²) >= 11 is 8.43. The van der Waals surface area contributed by atoms with Crippen molar-refractivity contribution >= 4 is 41.2 Å². The second kappa shape index (κ2) is 7.01. The first-order valence-electron chi connectivity index (χ1n) is 9.33. The molecule has 0 unspecified atom stereocenters. The van der Waals surface area contributed by atoms with Crippen LogP contribution in [0.25, 0.3) is 5.69 Å². The first kappa shape index (κ1) is 19.2. The van der Waals surface area contributed by atoms with Crippen LogP contribution in [0, 0.1) is 14.8 Å². The average Bonchev–Trinajstić information content (AvgIpc) is 3.09. The Morgan fingerprint density at radius 2 is 2.04 bits per heavy atom. The molecule has 2 aromatic rings. The second-order valence-electron chi connectivity index (χ2n) is 8.91. The number of hydrogen-bond acceptors (Lipinski definition) is 5. The highest BCUT2D eigenvalue weighted by Crippen LogP contribution is 2.52. The third-order valence-electron chi connectivity index (χ3n) is 5.58. The van der Waals surface area contributed by atoms with Gasteiger partial charge in [0.25, 0.3) is 0 Å². The number of nitrogens with zero attached hydrogens (tertiary/aromatic N) is 3. The number of likely N-dealkylation sites (tertiary alicyclic amines) is 1. The minimum Gasteiger partial charge on any atom is -0.338 e. The highest BCUT2D eigenvalue weighted by atomic mass is 32.2. The molecule has 2 bridgehead atoms. The van der Waals surface area contributed by atoms with Crippen LogP contribution in [0.3, 0.4) is 0 Å². The van der Waals surface area contributed by atoms with Crippen molar-refractivity contribution in [3.8, 4) is 5.69 Å². The lowest BCUT2D eigenvalue weighted by molar-refractivity contribution is -0.129. The van der Waals surface area contributed by atoms with E-state index in [0.29, 0.717) is 21.2 Å². The summed E-state index contributed by atoms with van der Waals surface area (Å²) < 4.78 is 3.34. The quantitative estimate of drug-likeness (QED) is 0.505. The van der Waals surface area contributed by atoms with Crippen molar-refractivity contribution in [1.29, 1.82) is 0 Å². The fourth-order valence-electron chi connectivity index (χ4n) is 5.01. The van der Waals surface area contributed by atoms with Crippen molar-refractivity contribution in [3.63, 3.8) is 0 Å². The molecule has 4 nitrogen and oxygen atoms in total. The Hall–Kier alpha value is -1.18. The molecule has 1 aliphatic heterocycles. The van der Waals surface area contributed by atoms with E-state index in [2.05, 4.69) is 30.8 Å². The molecule has 27 heavy (non-hydrogen) atoms. The van der Waals surface area contributed by atoms with Gasteiger partial charge in [-0.1, -0.05) is 62.1 Å². The zero-order chi connectivity index (χ0) is 19.2. The molecule has 0 spiro atoms. The molecule has 7 heteroatoms. The fourth-order valence-corrected chi connectivity index (χ4v) is 7.26. The van der Waals surface area contributed by atoms with Gasteiger partial charge in [-0.05, 0) is 54.4 Å². The maximum atomic E-state index is 12.9. The number of thioether (sulfide) groups is 1. The molecule has 1 saturated carbocycles. The lowest BCUT2D eigenvalue weighted by Gasteiger charge is -2.39. The van der Waals surface area contributed by atoms with Crippen LogP contribution in [0.1, 0.15) is 40.0 Å². The van der Waals surface area contributed by atoms with Crippen molar-refractivity contribution in [1.82, 2.24) is 14.7 Å². The average molecular weight is 420 g/mol. The SMILES string of the molecule is CC1(C)C[C@@H]2C[C@@](C)(CN2C(=O)CSc2nn(-c3ccccc3)c(=S)s2)C1.